The van der Waals surface area contributed by atoms with E-state index in [2.05, 4.69) is 38.2 Å². The minimum Gasteiger partial charge on any atom is -0.481 e. The Labute approximate surface area is 236 Å². The van der Waals surface area contributed by atoms with Gasteiger partial charge >= 0.3 is 11.9 Å². The van der Waals surface area contributed by atoms with E-state index in [4.69, 9.17) is 10.2 Å². The highest BCUT2D eigenvalue weighted by molar-refractivity contribution is 5.66. The third-order valence-corrected chi connectivity index (χ3v) is 6.80. The van der Waals surface area contributed by atoms with Crippen molar-refractivity contribution in [3.63, 3.8) is 0 Å². The summed E-state index contributed by atoms with van der Waals surface area (Å²) in [5.74, 6) is -1.33. The first kappa shape index (κ1) is 38.6. The molecular formula is C34H64O4. The van der Waals surface area contributed by atoms with Crippen LogP contribution in [0.25, 0.3) is 0 Å². The number of allylic oxidation sites excluding steroid dienone is 4. The van der Waals surface area contributed by atoms with Crippen LogP contribution in [0.4, 0.5) is 0 Å². The molecule has 0 aliphatic heterocycles. The molecular weight excluding hydrogens is 472 g/mol. The Morgan fingerprint density at radius 3 is 0.921 bits per heavy atom. The Kier molecular flexibility index (Phi) is 35.9. The highest BCUT2D eigenvalue weighted by Gasteiger charge is 1.97. The van der Waals surface area contributed by atoms with Crippen LogP contribution in [0.3, 0.4) is 0 Å². The van der Waals surface area contributed by atoms with Gasteiger partial charge in [0, 0.05) is 12.8 Å². The zero-order chi connectivity index (χ0) is 28.4. The van der Waals surface area contributed by atoms with Gasteiger partial charge in [-0.3, -0.25) is 9.59 Å². The summed E-state index contributed by atoms with van der Waals surface area (Å²) in [6.07, 6.45) is 39.6. The Hall–Kier alpha value is -1.58. The molecule has 38 heavy (non-hydrogen) atoms. The van der Waals surface area contributed by atoms with Crippen molar-refractivity contribution in [1.82, 2.24) is 0 Å². The first-order chi connectivity index (χ1) is 18.5. The predicted molar refractivity (Wildman–Crippen MR) is 165 cm³/mol. The lowest BCUT2D eigenvalue weighted by Gasteiger charge is -1.99. The molecule has 4 heteroatoms. The summed E-state index contributed by atoms with van der Waals surface area (Å²) in [6.45, 7) is 4.50. The van der Waals surface area contributed by atoms with Gasteiger partial charge in [-0.15, -0.1) is 0 Å². The van der Waals surface area contributed by atoms with Crippen LogP contribution < -0.4 is 0 Å². The first-order valence-corrected chi connectivity index (χ1v) is 16.3. The van der Waals surface area contributed by atoms with Crippen molar-refractivity contribution >= 4 is 11.9 Å². The van der Waals surface area contributed by atoms with Gasteiger partial charge in [-0.2, -0.15) is 0 Å². The lowest BCUT2D eigenvalue weighted by Crippen LogP contribution is -1.93. The normalized spacial score (nSPS) is 11.2. The van der Waals surface area contributed by atoms with Crippen molar-refractivity contribution < 1.29 is 19.8 Å². The number of hydrogen-bond acceptors (Lipinski definition) is 2. The van der Waals surface area contributed by atoms with Crippen molar-refractivity contribution in [3.8, 4) is 0 Å². The quantitative estimate of drug-likeness (QED) is 0.0770. The zero-order valence-electron chi connectivity index (χ0n) is 25.4. The standard InChI is InChI=1S/C18H34O2.C16H30O2/c1-2-3-4-5-6-7-8-9-10-11-12-13-14-15-16-17-18(19)20;1-2-3-4-5-6-7-8-9-10-11-12-13-14-15-16(17)18/h9-10H,2-8,11-17H2,1H3,(H,19,20);7-8H,2-6,9-15H2,1H3,(H,17,18)/b10-9-;8-7-. The highest BCUT2D eigenvalue weighted by Crippen LogP contribution is 2.10. The second kappa shape index (κ2) is 35.4. The third-order valence-electron chi connectivity index (χ3n) is 6.80. The zero-order valence-corrected chi connectivity index (χ0v) is 25.4. The molecule has 0 aliphatic rings. The van der Waals surface area contributed by atoms with Gasteiger partial charge in [-0.1, -0.05) is 128 Å². The van der Waals surface area contributed by atoms with Crippen LogP contribution >= 0.6 is 0 Å². The van der Waals surface area contributed by atoms with Gasteiger partial charge in [0.2, 0.25) is 0 Å². The number of carboxylic acid groups (broad SMARTS) is 2. The average molecular weight is 537 g/mol. The van der Waals surface area contributed by atoms with E-state index in [0.717, 1.165) is 25.7 Å². The molecule has 0 amide bonds. The van der Waals surface area contributed by atoms with E-state index < -0.39 is 11.9 Å². The van der Waals surface area contributed by atoms with Crippen LogP contribution in [0, 0.1) is 0 Å². The van der Waals surface area contributed by atoms with Crippen molar-refractivity contribution in [2.24, 2.45) is 0 Å². The van der Waals surface area contributed by atoms with Gasteiger partial charge in [0.25, 0.3) is 0 Å². The Balaban J connectivity index is 0. The molecule has 0 rings (SSSR count). The second-order valence-electron chi connectivity index (χ2n) is 10.7. The maximum atomic E-state index is 10.3. The van der Waals surface area contributed by atoms with Crippen molar-refractivity contribution in [3.05, 3.63) is 24.3 Å². The Morgan fingerprint density at radius 1 is 0.395 bits per heavy atom. The average Bonchev–Trinajstić information content (AvgIpc) is 2.89. The van der Waals surface area contributed by atoms with Gasteiger partial charge in [-0.05, 0) is 64.2 Å². The van der Waals surface area contributed by atoms with Gasteiger partial charge in [0.05, 0.1) is 0 Å². The van der Waals surface area contributed by atoms with Gasteiger partial charge in [-0.25, -0.2) is 0 Å². The molecule has 0 aromatic heterocycles. The molecule has 0 saturated carbocycles. The van der Waals surface area contributed by atoms with E-state index in [1.54, 1.807) is 0 Å². The number of aliphatic carboxylic acids is 2. The SMILES string of the molecule is CCCCCC/C=C\CCCCCCCC(=O)O.CCCCCCCC/C=C\CCCCCCCC(=O)O. The summed E-state index contributed by atoms with van der Waals surface area (Å²) in [5, 5.41) is 17.0. The number of carboxylic acids is 2. The number of rotatable bonds is 28. The van der Waals surface area contributed by atoms with Crippen LogP contribution in [-0.4, -0.2) is 22.2 Å². The largest absolute Gasteiger partial charge is 0.481 e. The molecule has 0 aliphatic carbocycles. The van der Waals surface area contributed by atoms with Crippen LogP contribution in [-0.2, 0) is 9.59 Å². The fourth-order valence-electron chi connectivity index (χ4n) is 4.34. The lowest BCUT2D eigenvalue weighted by molar-refractivity contribution is -0.138. The monoisotopic (exact) mass is 536 g/mol. The van der Waals surface area contributed by atoms with E-state index >= 15 is 0 Å². The topological polar surface area (TPSA) is 74.6 Å². The Morgan fingerprint density at radius 2 is 0.632 bits per heavy atom. The molecule has 0 aromatic rings. The lowest BCUT2D eigenvalue weighted by atomic mass is 10.1. The number of unbranched alkanes of at least 4 members (excludes halogenated alkanes) is 20. The maximum absolute atomic E-state index is 10.3. The number of hydrogen-bond donors (Lipinski definition) is 2. The molecule has 0 saturated heterocycles. The van der Waals surface area contributed by atoms with Crippen LogP contribution in [0.5, 0.6) is 0 Å². The molecule has 0 unspecified atom stereocenters. The summed E-state index contributed by atoms with van der Waals surface area (Å²) in [4.78, 5) is 20.6. The van der Waals surface area contributed by atoms with E-state index in [1.807, 2.05) is 0 Å². The molecule has 224 valence electrons. The van der Waals surface area contributed by atoms with E-state index in [9.17, 15) is 9.59 Å². The summed E-state index contributed by atoms with van der Waals surface area (Å²) in [5.41, 5.74) is 0. The summed E-state index contributed by atoms with van der Waals surface area (Å²) in [7, 11) is 0. The smallest absolute Gasteiger partial charge is 0.303 e. The van der Waals surface area contributed by atoms with Gasteiger partial charge in [0.15, 0.2) is 0 Å². The number of carbonyl (C=O) groups is 2. The molecule has 0 aromatic carbocycles. The molecule has 0 spiro atoms. The molecule has 2 N–H and O–H groups in total. The molecule has 0 heterocycles. The van der Waals surface area contributed by atoms with E-state index in [0.29, 0.717) is 12.8 Å². The first-order valence-electron chi connectivity index (χ1n) is 16.3. The van der Waals surface area contributed by atoms with E-state index in [1.165, 1.54) is 128 Å². The summed E-state index contributed by atoms with van der Waals surface area (Å²) >= 11 is 0. The van der Waals surface area contributed by atoms with Crippen molar-refractivity contribution in [1.29, 1.82) is 0 Å². The molecule has 4 nitrogen and oxygen atoms in total. The minimum atomic E-state index is -0.666. The van der Waals surface area contributed by atoms with Crippen LogP contribution in [0.15, 0.2) is 24.3 Å². The summed E-state index contributed by atoms with van der Waals surface area (Å²) in [6, 6.07) is 0. The second-order valence-corrected chi connectivity index (χ2v) is 10.7. The van der Waals surface area contributed by atoms with Gasteiger partial charge in [0.1, 0.15) is 0 Å². The summed E-state index contributed by atoms with van der Waals surface area (Å²) < 4.78 is 0. The van der Waals surface area contributed by atoms with Crippen LogP contribution in [0.2, 0.25) is 0 Å². The predicted octanol–water partition coefficient (Wildman–Crippen LogP) is 11.4. The highest BCUT2D eigenvalue weighted by atomic mass is 16.4. The van der Waals surface area contributed by atoms with Gasteiger partial charge < -0.3 is 10.2 Å². The fraction of sp³-hybridized carbons (Fsp3) is 0.824. The van der Waals surface area contributed by atoms with Crippen LogP contribution in [0.1, 0.15) is 181 Å². The molecule has 0 bridgehead atoms. The maximum Gasteiger partial charge on any atom is 0.303 e. The van der Waals surface area contributed by atoms with Crippen molar-refractivity contribution in [2.75, 3.05) is 0 Å². The third kappa shape index (κ3) is 41.5. The van der Waals surface area contributed by atoms with E-state index in [-0.39, 0.29) is 0 Å². The van der Waals surface area contributed by atoms with Crippen molar-refractivity contribution in [2.45, 2.75) is 181 Å². The Bertz CT molecular complexity index is 539. The fourth-order valence-corrected chi connectivity index (χ4v) is 4.34. The molecule has 0 atom stereocenters. The minimum absolute atomic E-state index is 0.331. The molecule has 0 radical (unpaired) electrons. The molecule has 0 fully saturated rings.